The van der Waals surface area contributed by atoms with Crippen LogP contribution in [0.4, 0.5) is 0 Å². The molecule has 2 N–H and O–H groups in total. The lowest BCUT2D eigenvalue weighted by molar-refractivity contribution is -0.0643. The molecule has 0 unspecified atom stereocenters. The molecule has 180 valence electrons. The molecule has 3 saturated carbocycles. The number of aliphatic hydroxyl groups excluding tert-OH is 1. The number of rotatable bonds is 4. The summed E-state index contributed by atoms with van der Waals surface area (Å²) in [5, 5.41) is 12.9. The Morgan fingerprint density at radius 2 is 2.03 bits per heavy atom. The van der Waals surface area contributed by atoms with Gasteiger partial charge in [0.2, 0.25) is 0 Å². The molecule has 8 atom stereocenters. The van der Waals surface area contributed by atoms with Crippen LogP contribution in [-0.4, -0.2) is 35.3 Å². The van der Waals surface area contributed by atoms with E-state index in [-0.39, 0.29) is 28.9 Å². The molecule has 1 amide bonds. The fourth-order valence-electron chi connectivity index (χ4n) is 8.51. The molecule has 0 saturated heterocycles. The van der Waals surface area contributed by atoms with Gasteiger partial charge in [-0.3, -0.25) is 4.79 Å². The van der Waals surface area contributed by atoms with Crippen molar-refractivity contribution in [1.82, 2.24) is 10.3 Å². The Balaban J connectivity index is 1.36. The molecule has 0 radical (unpaired) electrons. The van der Waals surface area contributed by atoms with Gasteiger partial charge in [-0.2, -0.15) is 0 Å². The monoisotopic (exact) mass is 452 g/mol. The Morgan fingerprint density at radius 1 is 1.21 bits per heavy atom. The Hall–Kier alpha value is -1.88. The third-order valence-electron chi connectivity index (χ3n) is 10.2. The van der Waals surface area contributed by atoms with Gasteiger partial charge >= 0.3 is 0 Å². The van der Waals surface area contributed by atoms with Crippen LogP contribution in [0.2, 0.25) is 0 Å². The van der Waals surface area contributed by atoms with Crippen molar-refractivity contribution in [3.8, 4) is 5.75 Å². The Labute approximate surface area is 198 Å². The average Bonchev–Trinajstić information content (AvgIpc) is 3.16. The van der Waals surface area contributed by atoms with Gasteiger partial charge in [0.25, 0.3) is 5.91 Å². The number of allylic oxidation sites excluding steroid dienone is 1. The number of amides is 1. The number of aliphatic hydroxyl groups is 1. The second-order valence-electron chi connectivity index (χ2n) is 11.6. The highest BCUT2D eigenvalue weighted by Gasteiger charge is 2.59. The van der Waals surface area contributed by atoms with Crippen LogP contribution in [0.1, 0.15) is 82.6 Å². The number of carbonyl (C=O) groups excluding carboxylic acids is 1. The van der Waals surface area contributed by atoms with Crippen LogP contribution in [0, 0.1) is 34.5 Å². The van der Waals surface area contributed by atoms with Gasteiger partial charge in [0, 0.05) is 19.2 Å². The maximum absolute atomic E-state index is 12.3. The molecule has 1 aromatic heterocycles. The normalized spacial score (nSPS) is 40.6. The largest absolute Gasteiger partial charge is 0.488 e. The van der Waals surface area contributed by atoms with Gasteiger partial charge in [-0.05, 0) is 99.0 Å². The van der Waals surface area contributed by atoms with Gasteiger partial charge in [-0.1, -0.05) is 25.5 Å². The number of fused-ring (bicyclic) bond motifs is 5. The molecule has 4 aliphatic rings. The number of hydrogen-bond donors (Lipinski definition) is 2. The van der Waals surface area contributed by atoms with Gasteiger partial charge in [0.05, 0.1) is 12.2 Å². The highest BCUT2D eigenvalue weighted by molar-refractivity contribution is 5.94. The molecule has 5 heteroatoms. The molecular formula is C28H40N2O3. The summed E-state index contributed by atoms with van der Waals surface area (Å²) in [5.41, 5.74) is 2.46. The summed E-state index contributed by atoms with van der Waals surface area (Å²) in [6, 6.07) is 3.71. The van der Waals surface area contributed by atoms with Crippen molar-refractivity contribution in [2.24, 2.45) is 34.5 Å². The minimum Gasteiger partial charge on any atom is -0.488 e. The minimum atomic E-state index is -0.204. The summed E-state index contributed by atoms with van der Waals surface area (Å²) in [6.45, 7) is 7.19. The number of hydrogen-bond acceptors (Lipinski definition) is 4. The van der Waals surface area contributed by atoms with Gasteiger partial charge in [-0.25, -0.2) is 4.98 Å². The van der Waals surface area contributed by atoms with Crippen LogP contribution in [0.5, 0.6) is 5.75 Å². The quantitative estimate of drug-likeness (QED) is 0.620. The van der Waals surface area contributed by atoms with Crippen LogP contribution >= 0.6 is 0 Å². The van der Waals surface area contributed by atoms with Crippen molar-refractivity contribution in [3.63, 3.8) is 0 Å². The lowest BCUT2D eigenvalue weighted by Crippen LogP contribution is -2.51. The molecule has 1 heterocycles. The van der Waals surface area contributed by atoms with Crippen molar-refractivity contribution in [2.75, 3.05) is 7.05 Å². The molecule has 0 spiro atoms. The van der Waals surface area contributed by atoms with Crippen LogP contribution in [0.25, 0.3) is 0 Å². The minimum absolute atomic E-state index is 0.0410. The average molecular weight is 453 g/mol. The molecule has 5 nitrogen and oxygen atoms in total. The first-order valence-electron chi connectivity index (χ1n) is 13.0. The number of ether oxygens (including phenoxy) is 1. The van der Waals surface area contributed by atoms with Gasteiger partial charge in [0.15, 0.2) is 11.4 Å². The third-order valence-corrected chi connectivity index (χ3v) is 10.2. The second kappa shape index (κ2) is 8.41. The molecule has 0 aliphatic heterocycles. The van der Waals surface area contributed by atoms with E-state index >= 15 is 0 Å². The van der Waals surface area contributed by atoms with E-state index in [2.05, 4.69) is 37.1 Å². The van der Waals surface area contributed by atoms with Gasteiger partial charge in [-0.15, -0.1) is 0 Å². The lowest BCUT2D eigenvalue weighted by atomic mass is 9.47. The van der Waals surface area contributed by atoms with Crippen LogP contribution in [0.15, 0.2) is 30.0 Å². The van der Waals surface area contributed by atoms with Crippen LogP contribution in [-0.2, 0) is 0 Å². The zero-order valence-corrected chi connectivity index (χ0v) is 20.6. The van der Waals surface area contributed by atoms with Crippen LogP contribution < -0.4 is 10.1 Å². The fraction of sp³-hybridized carbons (Fsp3) is 0.714. The summed E-state index contributed by atoms with van der Waals surface area (Å²) in [5.74, 6) is 3.07. The topological polar surface area (TPSA) is 71.5 Å². The first kappa shape index (κ1) is 22.9. The highest BCUT2D eigenvalue weighted by atomic mass is 16.5. The molecule has 5 rings (SSSR count). The highest BCUT2D eigenvalue weighted by Crippen LogP contribution is 2.66. The number of carbonyl (C=O) groups is 1. The number of aromatic nitrogens is 1. The molecule has 0 bridgehead atoms. The van der Waals surface area contributed by atoms with Gasteiger partial charge in [0.1, 0.15) is 0 Å². The van der Waals surface area contributed by atoms with E-state index < -0.39 is 0 Å². The summed E-state index contributed by atoms with van der Waals surface area (Å²) in [6.07, 6.45) is 13.2. The molecular weight excluding hydrogens is 412 g/mol. The molecule has 4 aliphatic carbocycles. The van der Waals surface area contributed by atoms with E-state index in [0.717, 1.165) is 37.0 Å². The molecule has 1 aromatic rings. The zero-order chi connectivity index (χ0) is 23.4. The molecule has 0 aromatic carbocycles. The number of nitrogens with zero attached hydrogens (tertiary/aromatic N) is 1. The molecule has 33 heavy (non-hydrogen) atoms. The van der Waals surface area contributed by atoms with Crippen LogP contribution in [0.3, 0.4) is 0 Å². The summed E-state index contributed by atoms with van der Waals surface area (Å²) in [4.78, 5) is 16.5. The fourth-order valence-corrected chi connectivity index (χ4v) is 8.51. The Kier molecular flexibility index (Phi) is 5.83. The summed E-state index contributed by atoms with van der Waals surface area (Å²) in [7, 11) is 1.63. The number of nitrogens with one attached hydrogen (secondary N) is 1. The number of pyridine rings is 1. The van der Waals surface area contributed by atoms with Crippen molar-refractivity contribution < 1.29 is 14.6 Å². The zero-order valence-electron chi connectivity index (χ0n) is 20.6. The van der Waals surface area contributed by atoms with E-state index in [9.17, 15) is 9.90 Å². The van der Waals surface area contributed by atoms with E-state index in [1.807, 2.05) is 12.1 Å². The third kappa shape index (κ3) is 3.62. The molecule has 3 fully saturated rings. The van der Waals surface area contributed by atoms with Gasteiger partial charge < -0.3 is 15.2 Å². The first-order chi connectivity index (χ1) is 15.8. The Bertz CT molecular complexity index is 945. The van der Waals surface area contributed by atoms with E-state index in [0.29, 0.717) is 17.4 Å². The smallest absolute Gasteiger partial charge is 0.273 e. The van der Waals surface area contributed by atoms with Crippen molar-refractivity contribution in [2.45, 2.75) is 84.3 Å². The lowest BCUT2D eigenvalue weighted by Gasteiger charge is -2.58. The van der Waals surface area contributed by atoms with E-state index in [1.54, 1.807) is 13.2 Å². The maximum atomic E-state index is 12.3. The van der Waals surface area contributed by atoms with E-state index in [1.165, 1.54) is 37.7 Å². The van der Waals surface area contributed by atoms with Crippen molar-refractivity contribution >= 4 is 5.91 Å². The second-order valence-corrected chi connectivity index (χ2v) is 11.6. The predicted molar refractivity (Wildman–Crippen MR) is 129 cm³/mol. The predicted octanol–water partition coefficient (Wildman–Crippen LogP) is 5.15. The van der Waals surface area contributed by atoms with Crippen molar-refractivity contribution in [3.05, 3.63) is 35.7 Å². The summed E-state index contributed by atoms with van der Waals surface area (Å²) >= 11 is 0. The van der Waals surface area contributed by atoms with E-state index in [4.69, 9.17) is 4.74 Å². The van der Waals surface area contributed by atoms with Crippen molar-refractivity contribution in [1.29, 1.82) is 0 Å². The maximum Gasteiger partial charge on any atom is 0.273 e. The summed E-state index contributed by atoms with van der Waals surface area (Å²) < 4.78 is 6.46. The first-order valence-corrected chi connectivity index (χ1v) is 13.0. The Morgan fingerprint density at radius 3 is 2.82 bits per heavy atom. The standard InChI is InChI=1S/C28H40N2O3/c1-17(33-24-6-5-15-30-25(24)26(32)29-4)21-9-10-22-20-8-7-18-16-19(31)11-13-27(18,2)23(20)12-14-28(21,22)3/h5-7,15,17,19-23,31H,8-14,16H2,1-4H3,(H,29,32)/t17-,19-,20-,21+,22-,23-,27-,28+/m0/s1. The SMILES string of the molecule is CNC(=O)c1ncccc1O[C@@H](C)[C@H]1CC[C@H]2[C@@H]3CC=C4C[C@@H](O)CC[C@]4(C)[C@H]3CC[C@]12C.